The minimum absolute atomic E-state index is 0.119. The molecule has 1 saturated heterocycles. The molecule has 0 unspecified atom stereocenters. The second-order valence-electron chi connectivity index (χ2n) is 5.62. The monoisotopic (exact) mass is 398 g/mol. The zero-order valence-corrected chi connectivity index (χ0v) is 15.2. The van der Waals surface area contributed by atoms with E-state index in [0.29, 0.717) is 41.7 Å². The second kappa shape index (κ2) is 7.63. The maximum absolute atomic E-state index is 12.6. The largest absolute Gasteiger partial charge is 0.321 e. The van der Waals surface area contributed by atoms with Gasteiger partial charge in [0.05, 0.1) is 17.1 Å². The van der Waals surface area contributed by atoms with Crippen molar-refractivity contribution >= 4 is 39.1 Å². The summed E-state index contributed by atoms with van der Waals surface area (Å²) in [7, 11) is -3.28. The number of nitrogens with one attached hydrogen (secondary N) is 1. The normalized spacial score (nSPS) is 16.0. The van der Waals surface area contributed by atoms with E-state index in [4.69, 9.17) is 0 Å². The number of thioether (sulfide) groups is 1. The Morgan fingerprint density at radius 2 is 1.81 bits per heavy atom. The van der Waals surface area contributed by atoms with Gasteiger partial charge in [-0.3, -0.25) is 9.10 Å². The molecule has 3 rings (SSSR count). The number of rotatable bonds is 5. The molecule has 0 bridgehead atoms. The number of halogens is 2. The molecule has 1 amide bonds. The first-order valence-corrected chi connectivity index (χ1v) is 10.3. The van der Waals surface area contributed by atoms with Crippen LogP contribution in [-0.2, 0) is 10.0 Å². The maximum atomic E-state index is 12.6. The first kappa shape index (κ1) is 18.7. The van der Waals surface area contributed by atoms with Crippen molar-refractivity contribution < 1.29 is 22.0 Å². The van der Waals surface area contributed by atoms with Crippen LogP contribution in [0, 0.1) is 0 Å². The fraction of sp³-hybridized carbons (Fsp3) is 0.235. The number of hydrogen-bond donors (Lipinski definition) is 1. The van der Waals surface area contributed by atoms with Gasteiger partial charge < -0.3 is 5.32 Å². The summed E-state index contributed by atoms with van der Waals surface area (Å²) in [5.41, 5.74) is 1.11. The maximum Gasteiger partial charge on any atom is 0.288 e. The molecule has 1 aliphatic rings. The van der Waals surface area contributed by atoms with Gasteiger partial charge in [-0.25, -0.2) is 8.42 Å². The summed E-state index contributed by atoms with van der Waals surface area (Å²) in [5, 5.41) is 2.61. The number of hydrogen-bond acceptors (Lipinski definition) is 4. The molecule has 1 fully saturated rings. The van der Waals surface area contributed by atoms with Crippen molar-refractivity contribution in [1.29, 1.82) is 0 Å². The Morgan fingerprint density at radius 1 is 1.12 bits per heavy atom. The lowest BCUT2D eigenvalue weighted by Crippen LogP contribution is -2.25. The van der Waals surface area contributed by atoms with Crippen LogP contribution in [0.2, 0.25) is 0 Å². The molecule has 0 radical (unpaired) electrons. The summed E-state index contributed by atoms with van der Waals surface area (Å²) in [6.07, 6.45) is 0.573. The Bertz CT molecular complexity index is 902. The molecular weight excluding hydrogens is 382 g/mol. The van der Waals surface area contributed by atoms with Gasteiger partial charge in [0.25, 0.3) is 11.7 Å². The number of para-hydroxylation sites is 1. The molecule has 0 aromatic heterocycles. The topological polar surface area (TPSA) is 66.5 Å². The van der Waals surface area contributed by atoms with E-state index in [-0.39, 0.29) is 10.6 Å². The molecule has 26 heavy (non-hydrogen) atoms. The van der Waals surface area contributed by atoms with Crippen molar-refractivity contribution in [3.05, 3.63) is 54.1 Å². The van der Waals surface area contributed by atoms with E-state index in [2.05, 4.69) is 5.32 Å². The van der Waals surface area contributed by atoms with Gasteiger partial charge in [-0.2, -0.15) is 8.78 Å². The lowest BCUT2D eigenvalue weighted by atomic mass is 10.2. The van der Waals surface area contributed by atoms with Crippen LogP contribution in [0.25, 0.3) is 0 Å². The SMILES string of the molecule is O=C(Nc1ccccc1SC(F)F)c1ccc(N2CCCS2(=O)=O)cc1. The van der Waals surface area contributed by atoms with Crippen LogP contribution in [0.3, 0.4) is 0 Å². The zero-order chi connectivity index (χ0) is 18.7. The van der Waals surface area contributed by atoms with Crippen molar-refractivity contribution in [1.82, 2.24) is 0 Å². The number of sulfonamides is 1. The lowest BCUT2D eigenvalue weighted by molar-refractivity contribution is 0.102. The van der Waals surface area contributed by atoms with E-state index in [1.807, 2.05) is 0 Å². The highest BCUT2D eigenvalue weighted by molar-refractivity contribution is 7.99. The summed E-state index contributed by atoms with van der Waals surface area (Å²) in [6, 6.07) is 12.5. The van der Waals surface area contributed by atoms with E-state index in [1.54, 1.807) is 30.3 Å². The summed E-state index contributed by atoms with van der Waals surface area (Å²) in [4.78, 5) is 12.6. The van der Waals surface area contributed by atoms with Crippen molar-refractivity contribution in [2.45, 2.75) is 17.1 Å². The number of carbonyl (C=O) groups is 1. The number of nitrogens with zero attached hydrogens (tertiary/aromatic N) is 1. The van der Waals surface area contributed by atoms with Gasteiger partial charge in [0.2, 0.25) is 10.0 Å². The summed E-state index contributed by atoms with van der Waals surface area (Å²) >= 11 is 0.360. The van der Waals surface area contributed by atoms with Gasteiger partial charge in [0.15, 0.2) is 0 Å². The predicted octanol–water partition coefficient (Wildman–Crippen LogP) is 3.79. The number of alkyl halides is 2. The zero-order valence-electron chi connectivity index (χ0n) is 13.6. The number of benzene rings is 2. The predicted molar refractivity (Wildman–Crippen MR) is 98.4 cm³/mol. The van der Waals surface area contributed by atoms with Gasteiger partial charge in [-0.1, -0.05) is 23.9 Å². The van der Waals surface area contributed by atoms with Crippen molar-refractivity contribution in [2.75, 3.05) is 21.9 Å². The Balaban J connectivity index is 1.75. The molecule has 1 heterocycles. The highest BCUT2D eigenvalue weighted by atomic mass is 32.2. The van der Waals surface area contributed by atoms with E-state index in [1.165, 1.54) is 22.5 Å². The third kappa shape index (κ3) is 4.16. The van der Waals surface area contributed by atoms with Crippen LogP contribution in [0.15, 0.2) is 53.4 Å². The molecular formula is C17H16F2N2O3S2. The quantitative estimate of drug-likeness (QED) is 0.778. The number of carbonyl (C=O) groups excluding carboxylic acids is 1. The van der Waals surface area contributed by atoms with Gasteiger partial charge in [0.1, 0.15) is 0 Å². The fourth-order valence-electron chi connectivity index (χ4n) is 2.67. The Labute approximate surface area is 154 Å². The van der Waals surface area contributed by atoms with Gasteiger partial charge in [-0.15, -0.1) is 0 Å². The smallest absolute Gasteiger partial charge is 0.288 e. The molecule has 2 aromatic rings. The molecule has 1 aliphatic heterocycles. The van der Waals surface area contributed by atoms with Crippen LogP contribution in [0.5, 0.6) is 0 Å². The lowest BCUT2D eigenvalue weighted by Gasteiger charge is -2.17. The minimum atomic E-state index is -3.28. The summed E-state index contributed by atoms with van der Waals surface area (Å²) in [5.74, 6) is -2.92. The van der Waals surface area contributed by atoms with E-state index >= 15 is 0 Å². The molecule has 0 atom stereocenters. The second-order valence-corrected chi connectivity index (χ2v) is 8.66. The van der Waals surface area contributed by atoms with Crippen molar-refractivity contribution in [2.24, 2.45) is 0 Å². The summed E-state index contributed by atoms with van der Waals surface area (Å²) < 4.78 is 50.4. The fourth-order valence-corrected chi connectivity index (χ4v) is 4.83. The van der Waals surface area contributed by atoms with Crippen LogP contribution >= 0.6 is 11.8 Å². The van der Waals surface area contributed by atoms with Crippen molar-refractivity contribution in [3.63, 3.8) is 0 Å². The average molecular weight is 398 g/mol. The summed E-state index contributed by atoms with van der Waals surface area (Å²) in [6.45, 7) is 0.423. The number of amides is 1. The molecule has 0 spiro atoms. The molecule has 1 N–H and O–H groups in total. The molecule has 9 heteroatoms. The minimum Gasteiger partial charge on any atom is -0.321 e. The molecule has 5 nitrogen and oxygen atoms in total. The van der Waals surface area contributed by atoms with Gasteiger partial charge >= 0.3 is 0 Å². The molecule has 138 valence electrons. The van der Waals surface area contributed by atoms with E-state index < -0.39 is 21.7 Å². The molecule has 0 saturated carbocycles. The first-order valence-electron chi connectivity index (χ1n) is 7.82. The third-order valence-corrected chi connectivity index (χ3v) is 6.53. The Hall–Kier alpha value is -2.13. The van der Waals surface area contributed by atoms with E-state index in [9.17, 15) is 22.0 Å². The van der Waals surface area contributed by atoms with Gasteiger partial charge in [0, 0.05) is 17.0 Å². The third-order valence-electron chi connectivity index (χ3n) is 3.87. The highest BCUT2D eigenvalue weighted by Crippen LogP contribution is 2.32. The Kier molecular flexibility index (Phi) is 5.47. The molecule has 0 aliphatic carbocycles. The van der Waals surface area contributed by atoms with E-state index in [0.717, 1.165) is 0 Å². The van der Waals surface area contributed by atoms with Crippen LogP contribution in [-0.4, -0.2) is 32.4 Å². The van der Waals surface area contributed by atoms with Crippen molar-refractivity contribution in [3.8, 4) is 0 Å². The van der Waals surface area contributed by atoms with Crippen LogP contribution in [0.4, 0.5) is 20.2 Å². The first-order chi connectivity index (χ1) is 12.4. The van der Waals surface area contributed by atoms with Crippen LogP contribution in [0.1, 0.15) is 16.8 Å². The van der Waals surface area contributed by atoms with Gasteiger partial charge in [-0.05, 0) is 42.8 Å². The average Bonchev–Trinajstić information content (AvgIpc) is 2.95. The standard InChI is InChI=1S/C17H16F2N2O3S2/c18-17(19)25-15-5-2-1-4-14(15)20-16(22)12-6-8-13(9-7-12)21-10-3-11-26(21,23)24/h1-2,4-9,17H,3,10-11H2,(H,20,22). The highest BCUT2D eigenvalue weighted by Gasteiger charge is 2.28. The van der Waals surface area contributed by atoms with Crippen LogP contribution < -0.4 is 9.62 Å². The Morgan fingerprint density at radius 3 is 2.42 bits per heavy atom. The number of anilines is 2. The molecule has 2 aromatic carbocycles.